The molecule has 1 atom stereocenters. The van der Waals surface area contributed by atoms with Gasteiger partial charge in [0.25, 0.3) is 0 Å². The van der Waals surface area contributed by atoms with Gasteiger partial charge in [0.2, 0.25) is 0 Å². The molecule has 1 aromatic carbocycles. The molecule has 2 rings (SSSR count). The molecule has 17 heavy (non-hydrogen) atoms. The predicted octanol–water partition coefficient (Wildman–Crippen LogP) is 2.40. The van der Waals surface area contributed by atoms with Crippen LogP contribution in [0.15, 0.2) is 24.3 Å². The summed E-state index contributed by atoms with van der Waals surface area (Å²) >= 11 is 0. The highest BCUT2D eigenvalue weighted by molar-refractivity contribution is 5.39. The van der Waals surface area contributed by atoms with Gasteiger partial charge in [-0.1, -0.05) is 12.1 Å². The van der Waals surface area contributed by atoms with E-state index in [-0.39, 0.29) is 0 Å². The number of nitrogens with two attached hydrogens (primary N) is 1. The Hall–Kier alpha value is -1.06. The van der Waals surface area contributed by atoms with Gasteiger partial charge in [0.05, 0.1) is 19.3 Å². The van der Waals surface area contributed by atoms with E-state index in [1.807, 2.05) is 12.1 Å². The van der Waals surface area contributed by atoms with E-state index in [2.05, 4.69) is 12.1 Å². The lowest BCUT2D eigenvalue weighted by Gasteiger charge is -2.22. The Morgan fingerprint density at radius 1 is 1.24 bits per heavy atom. The Morgan fingerprint density at radius 3 is 2.76 bits per heavy atom. The number of hydrogen-bond acceptors (Lipinski definition) is 3. The van der Waals surface area contributed by atoms with Crippen molar-refractivity contribution in [2.45, 2.75) is 31.8 Å². The first-order valence-electron chi connectivity index (χ1n) is 6.38. The van der Waals surface area contributed by atoms with Gasteiger partial charge in [0, 0.05) is 12.3 Å². The van der Waals surface area contributed by atoms with E-state index in [0.717, 1.165) is 38.3 Å². The van der Waals surface area contributed by atoms with Crippen molar-refractivity contribution < 1.29 is 9.47 Å². The van der Waals surface area contributed by atoms with Crippen LogP contribution in [0.2, 0.25) is 0 Å². The number of rotatable bonds is 5. The first-order valence-corrected chi connectivity index (χ1v) is 6.38. The molecule has 0 saturated carbocycles. The van der Waals surface area contributed by atoms with E-state index in [1.54, 1.807) is 0 Å². The van der Waals surface area contributed by atoms with E-state index in [9.17, 15) is 0 Å². The maximum atomic E-state index is 5.65. The standard InChI is InChI=1S/C14H21NO2/c15-13-6-4-12(5-7-13)8-10-16-11-14-3-1-2-9-17-14/h4-7,14H,1-3,8-11,15H2. The molecule has 0 bridgehead atoms. The minimum atomic E-state index is 0.315. The topological polar surface area (TPSA) is 44.5 Å². The maximum Gasteiger partial charge on any atom is 0.0808 e. The van der Waals surface area contributed by atoms with Crippen molar-refractivity contribution in [3.05, 3.63) is 29.8 Å². The van der Waals surface area contributed by atoms with Crippen molar-refractivity contribution in [2.75, 3.05) is 25.6 Å². The average molecular weight is 235 g/mol. The fourth-order valence-corrected chi connectivity index (χ4v) is 2.03. The van der Waals surface area contributed by atoms with Gasteiger partial charge in [-0.25, -0.2) is 0 Å². The van der Waals surface area contributed by atoms with Crippen molar-refractivity contribution in [2.24, 2.45) is 0 Å². The van der Waals surface area contributed by atoms with E-state index >= 15 is 0 Å². The molecule has 1 aromatic rings. The molecule has 0 aliphatic carbocycles. The third-order valence-electron chi connectivity index (χ3n) is 3.09. The highest BCUT2D eigenvalue weighted by Gasteiger charge is 2.13. The first-order chi connectivity index (χ1) is 8.34. The molecule has 0 amide bonds. The second-order valence-corrected chi connectivity index (χ2v) is 4.56. The zero-order valence-electron chi connectivity index (χ0n) is 10.2. The lowest BCUT2D eigenvalue weighted by molar-refractivity contribution is -0.0400. The van der Waals surface area contributed by atoms with Gasteiger partial charge in [-0.2, -0.15) is 0 Å². The van der Waals surface area contributed by atoms with Crippen LogP contribution in [-0.2, 0) is 15.9 Å². The van der Waals surface area contributed by atoms with Gasteiger partial charge in [-0.3, -0.25) is 0 Å². The second kappa shape index (κ2) is 6.62. The third-order valence-corrected chi connectivity index (χ3v) is 3.09. The quantitative estimate of drug-likeness (QED) is 0.629. The van der Waals surface area contributed by atoms with E-state index < -0.39 is 0 Å². The molecule has 2 N–H and O–H groups in total. The zero-order chi connectivity index (χ0) is 11.9. The summed E-state index contributed by atoms with van der Waals surface area (Å²) in [5.41, 5.74) is 7.71. The van der Waals surface area contributed by atoms with Gasteiger partial charge in [0.1, 0.15) is 0 Å². The summed E-state index contributed by atoms with van der Waals surface area (Å²) < 4.78 is 11.3. The van der Waals surface area contributed by atoms with Gasteiger partial charge in [-0.15, -0.1) is 0 Å². The lowest BCUT2D eigenvalue weighted by Crippen LogP contribution is -2.24. The molecule has 3 nitrogen and oxygen atoms in total. The fraction of sp³-hybridized carbons (Fsp3) is 0.571. The molecule has 0 aromatic heterocycles. The smallest absolute Gasteiger partial charge is 0.0808 e. The Morgan fingerprint density at radius 2 is 2.06 bits per heavy atom. The second-order valence-electron chi connectivity index (χ2n) is 4.56. The van der Waals surface area contributed by atoms with Crippen LogP contribution >= 0.6 is 0 Å². The van der Waals surface area contributed by atoms with Crippen molar-refractivity contribution in [1.82, 2.24) is 0 Å². The van der Waals surface area contributed by atoms with Gasteiger partial charge < -0.3 is 15.2 Å². The van der Waals surface area contributed by atoms with E-state index in [1.165, 1.54) is 18.4 Å². The van der Waals surface area contributed by atoms with Crippen LogP contribution in [0.1, 0.15) is 24.8 Å². The van der Waals surface area contributed by atoms with E-state index in [0.29, 0.717) is 6.10 Å². The lowest BCUT2D eigenvalue weighted by atomic mass is 10.1. The Bertz CT molecular complexity index is 317. The molecule has 3 heteroatoms. The zero-order valence-corrected chi connectivity index (χ0v) is 10.2. The van der Waals surface area contributed by atoms with Crippen LogP contribution in [0, 0.1) is 0 Å². The van der Waals surface area contributed by atoms with Crippen LogP contribution in [0.4, 0.5) is 5.69 Å². The number of ether oxygens (including phenoxy) is 2. The van der Waals surface area contributed by atoms with Crippen LogP contribution in [-0.4, -0.2) is 25.9 Å². The molecule has 1 unspecified atom stereocenters. The van der Waals surface area contributed by atoms with Crippen molar-refractivity contribution in [3.8, 4) is 0 Å². The molecule has 0 spiro atoms. The number of nitrogen functional groups attached to an aromatic ring is 1. The largest absolute Gasteiger partial charge is 0.399 e. The van der Waals surface area contributed by atoms with Gasteiger partial charge in [0.15, 0.2) is 0 Å². The number of anilines is 1. The number of hydrogen-bond donors (Lipinski definition) is 1. The maximum absolute atomic E-state index is 5.65. The molecule has 0 radical (unpaired) electrons. The summed E-state index contributed by atoms with van der Waals surface area (Å²) in [7, 11) is 0. The molecule has 1 aliphatic rings. The van der Waals surface area contributed by atoms with Crippen LogP contribution < -0.4 is 5.73 Å². The average Bonchev–Trinajstić information content (AvgIpc) is 2.38. The predicted molar refractivity (Wildman–Crippen MR) is 69.0 cm³/mol. The molecular weight excluding hydrogens is 214 g/mol. The minimum absolute atomic E-state index is 0.315. The molecular formula is C14H21NO2. The molecule has 1 saturated heterocycles. The van der Waals surface area contributed by atoms with Gasteiger partial charge >= 0.3 is 0 Å². The highest BCUT2D eigenvalue weighted by Crippen LogP contribution is 2.13. The van der Waals surface area contributed by atoms with Crippen molar-refractivity contribution in [3.63, 3.8) is 0 Å². The van der Waals surface area contributed by atoms with Crippen molar-refractivity contribution in [1.29, 1.82) is 0 Å². The summed E-state index contributed by atoms with van der Waals surface area (Å²) in [6, 6.07) is 7.96. The van der Waals surface area contributed by atoms with Crippen molar-refractivity contribution >= 4 is 5.69 Å². The SMILES string of the molecule is Nc1ccc(CCOCC2CCCCO2)cc1. The highest BCUT2D eigenvalue weighted by atomic mass is 16.5. The third kappa shape index (κ3) is 4.36. The Kier molecular flexibility index (Phi) is 4.83. The van der Waals surface area contributed by atoms with Crippen LogP contribution in [0.5, 0.6) is 0 Å². The summed E-state index contributed by atoms with van der Waals surface area (Å²) in [5, 5.41) is 0. The summed E-state index contributed by atoms with van der Waals surface area (Å²) in [4.78, 5) is 0. The van der Waals surface area contributed by atoms with Crippen LogP contribution in [0.3, 0.4) is 0 Å². The van der Waals surface area contributed by atoms with Crippen LogP contribution in [0.25, 0.3) is 0 Å². The number of benzene rings is 1. The normalized spacial score (nSPS) is 20.4. The Labute approximate surface area is 103 Å². The van der Waals surface area contributed by atoms with E-state index in [4.69, 9.17) is 15.2 Å². The summed E-state index contributed by atoms with van der Waals surface area (Å²) in [5.74, 6) is 0. The van der Waals surface area contributed by atoms with Gasteiger partial charge in [-0.05, 0) is 43.4 Å². The minimum Gasteiger partial charge on any atom is -0.399 e. The molecule has 1 fully saturated rings. The molecule has 1 aliphatic heterocycles. The molecule has 1 heterocycles. The Balaban J connectivity index is 1.60. The first kappa shape index (κ1) is 12.4. The summed E-state index contributed by atoms with van der Waals surface area (Å²) in [6.45, 7) is 2.38. The monoisotopic (exact) mass is 235 g/mol. The fourth-order valence-electron chi connectivity index (χ4n) is 2.03. The summed E-state index contributed by atoms with van der Waals surface area (Å²) in [6.07, 6.45) is 4.86. The molecule has 94 valence electrons.